The van der Waals surface area contributed by atoms with Crippen LogP contribution in [-0.2, 0) is 25.5 Å². The molecule has 0 amide bonds. The van der Waals surface area contributed by atoms with Crippen LogP contribution >= 0.6 is 11.8 Å². The topological polar surface area (TPSA) is 76.7 Å². The van der Waals surface area contributed by atoms with Gasteiger partial charge in [-0.05, 0) is 85.7 Å². The van der Waals surface area contributed by atoms with Crippen LogP contribution in [0, 0.1) is 6.92 Å². The van der Waals surface area contributed by atoms with E-state index in [2.05, 4.69) is 65.2 Å². The van der Waals surface area contributed by atoms with Crippen molar-refractivity contribution < 1.29 is 19.1 Å². The van der Waals surface area contributed by atoms with E-state index in [1.807, 2.05) is 55.5 Å². The molecule has 0 spiro atoms. The quantitative estimate of drug-likeness (QED) is 0.154. The molecular formula is C38H40N2O4S. The normalized spacial score (nSPS) is 17.3. The van der Waals surface area contributed by atoms with Crippen LogP contribution in [0.2, 0.25) is 0 Å². The molecule has 0 atom stereocenters. The summed E-state index contributed by atoms with van der Waals surface area (Å²) < 4.78 is 12.5. The number of hydrogen-bond donors (Lipinski definition) is 2. The van der Waals surface area contributed by atoms with Gasteiger partial charge in [0, 0.05) is 30.6 Å². The summed E-state index contributed by atoms with van der Waals surface area (Å²) in [7, 11) is 0. The lowest BCUT2D eigenvalue weighted by atomic mass is 9.83. The van der Waals surface area contributed by atoms with Crippen LogP contribution in [0.1, 0.15) is 52.7 Å². The van der Waals surface area contributed by atoms with Crippen molar-refractivity contribution in [1.82, 2.24) is 10.6 Å². The number of esters is 2. The van der Waals surface area contributed by atoms with Gasteiger partial charge in [-0.2, -0.15) is 0 Å². The van der Waals surface area contributed by atoms with Crippen LogP contribution in [0.25, 0.3) is 11.1 Å². The summed E-state index contributed by atoms with van der Waals surface area (Å²) in [6.45, 7) is 5.19. The number of benzene rings is 4. The van der Waals surface area contributed by atoms with E-state index >= 15 is 0 Å². The van der Waals surface area contributed by atoms with Crippen LogP contribution in [0.5, 0.6) is 0 Å². The molecule has 7 heteroatoms. The summed E-state index contributed by atoms with van der Waals surface area (Å²) in [5.41, 5.74) is 4.54. The second-order valence-electron chi connectivity index (χ2n) is 12.0. The Morgan fingerprint density at radius 3 is 1.96 bits per heavy atom. The van der Waals surface area contributed by atoms with E-state index in [0.29, 0.717) is 18.4 Å². The summed E-state index contributed by atoms with van der Waals surface area (Å²) in [4.78, 5) is 27.3. The van der Waals surface area contributed by atoms with Gasteiger partial charge in [0.2, 0.25) is 0 Å². The number of rotatable bonds is 9. The van der Waals surface area contributed by atoms with E-state index in [9.17, 15) is 9.59 Å². The standard InChI is InChI=1S/C38H40N2O4S/c1-28-7-5-9-31(25-28)36(42)44-38(19-23-40-24-20-38)33-12-6-8-30(26-33)29-13-15-34(16-14-29)45-27-35(41)43-37(17-21-39-22-18-37)32-10-3-2-4-11-32/h2-16,25-26,39-40H,17-24,27H2,1H3. The van der Waals surface area contributed by atoms with Gasteiger partial charge < -0.3 is 20.1 Å². The van der Waals surface area contributed by atoms with Crippen molar-refractivity contribution in [3.8, 4) is 11.1 Å². The Morgan fingerprint density at radius 2 is 1.29 bits per heavy atom. The molecular weight excluding hydrogens is 580 g/mol. The van der Waals surface area contributed by atoms with Crippen LogP contribution in [-0.4, -0.2) is 43.9 Å². The lowest BCUT2D eigenvalue weighted by Crippen LogP contribution is -2.43. The van der Waals surface area contributed by atoms with Gasteiger partial charge in [0.1, 0.15) is 11.2 Å². The Labute approximate surface area is 269 Å². The fourth-order valence-corrected chi connectivity index (χ4v) is 7.10. The zero-order valence-corrected chi connectivity index (χ0v) is 26.5. The second kappa shape index (κ2) is 14.0. The largest absolute Gasteiger partial charge is 0.453 e. The van der Waals surface area contributed by atoms with Crippen molar-refractivity contribution in [2.24, 2.45) is 0 Å². The third-order valence-electron chi connectivity index (χ3n) is 8.91. The van der Waals surface area contributed by atoms with Crippen LogP contribution < -0.4 is 10.6 Å². The number of piperidine rings is 2. The predicted octanol–water partition coefficient (Wildman–Crippen LogP) is 7.01. The lowest BCUT2D eigenvalue weighted by molar-refractivity contribution is -0.160. The van der Waals surface area contributed by atoms with Gasteiger partial charge in [0.25, 0.3) is 0 Å². The molecule has 2 N–H and O–H groups in total. The fourth-order valence-electron chi connectivity index (χ4n) is 6.43. The summed E-state index contributed by atoms with van der Waals surface area (Å²) in [6, 6.07) is 34.3. The molecule has 2 fully saturated rings. The maximum absolute atomic E-state index is 13.3. The number of hydrogen-bond acceptors (Lipinski definition) is 7. The third kappa shape index (κ3) is 7.33. The number of aryl methyl sites for hydroxylation is 1. The molecule has 2 aliphatic rings. The second-order valence-corrected chi connectivity index (χ2v) is 13.0. The first kappa shape index (κ1) is 31.1. The number of thioether (sulfide) groups is 1. The Morgan fingerprint density at radius 1 is 0.667 bits per heavy atom. The van der Waals surface area contributed by atoms with Crippen molar-refractivity contribution in [2.75, 3.05) is 31.9 Å². The minimum Gasteiger partial charge on any atom is -0.453 e. The molecule has 2 saturated heterocycles. The Kier molecular flexibility index (Phi) is 9.69. The molecule has 0 aliphatic carbocycles. The Bertz CT molecular complexity index is 1610. The highest BCUT2D eigenvalue weighted by atomic mass is 32.2. The van der Waals surface area contributed by atoms with E-state index in [4.69, 9.17) is 9.47 Å². The van der Waals surface area contributed by atoms with Gasteiger partial charge >= 0.3 is 11.9 Å². The minimum absolute atomic E-state index is 0.199. The highest BCUT2D eigenvalue weighted by Crippen LogP contribution is 2.38. The average molecular weight is 621 g/mol. The number of carbonyl (C=O) groups excluding carboxylic acids is 2. The van der Waals surface area contributed by atoms with E-state index in [-0.39, 0.29) is 17.7 Å². The summed E-state index contributed by atoms with van der Waals surface area (Å²) in [5, 5.41) is 6.79. The SMILES string of the molecule is Cc1cccc(C(=O)OC2(c3cccc(-c4ccc(SCC(=O)OC5(c6ccccc6)CCNCC5)cc4)c3)CCNCC2)c1. The highest BCUT2D eigenvalue weighted by molar-refractivity contribution is 8.00. The molecule has 232 valence electrons. The molecule has 45 heavy (non-hydrogen) atoms. The molecule has 0 bridgehead atoms. The maximum Gasteiger partial charge on any atom is 0.339 e. The van der Waals surface area contributed by atoms with E-state index < -0.39 is 11.2 Å². The van der Waals surface area contributed by atoms with E-state index in [1.165, 1.54) is 11.8 Å². The fraction of sp³-hybridized carbons (Fsp3) is 0.316. The van der Waals surface area contributed by atoms with Gasteiger partial charge in [0.15, 0.2) is 0 Å². The number of ether oxygens (including phenoxy) is 2. The highest BCUT2D eigenvalue weighted by Gasteiger charge is 2.39. The van der Waals surface area contributed by atoms with Gasteiger partial charge in [-0.1, -0.05) is 78.4 Å². The van der Waals surface area contributed by atoms with Crippen molar-refractivity contribution >= 4 is 23.7 Å². The van der Waals surface area contributed by atoms with Crippen LogP contribution in [0.4, 0.5) is 0 Å². The summed E-state index contributed by atoms with van der Waals surface area (Å²) >= 11 is 1.49. The number of carbonyl (C=O) groups is 2. The zero-order valence-electron chi connectivity index (χ0n) is 25.7. The molecule has 2 heterocycles. The third-order valence-corrected chi connectivity index (χ3v) is 9.89. The lowest BCUT2D eigenvalue weighted by Gasteiger charge is -2.38. The molecule has 6 nitrogen and oxygen atoms in total. The Balaban J connectivity index is 1.13. The van der Waals surface area contributed by atoms with Crippen molar-refractivity contribution in [3.05, 3.63) is 125 Å². The average Bonchev–Trinajstić information content (AvgIpc) is 3.09. The van der Waals surface area contributed by atoms with Crippen LogP contribution in [0.3, 0.4) is 0 Å². The monoisotopic (exact) mass is 620 g/mol. The van der Waals surface area contributed by atoms with Gasteiger partial charge in [-0.15, -0.1) is 11.8 Å². The summed E-state index contributed by atoms with van der Waals surface area (Å²) in [5.74, 6) is -0.240. The zero-order chi connectivity index (χ0) is 31.1. The first-order valence-corrected chi connectivity index (χ1v) is 16.8. The first-order valence-electron chi connectivity index (χ1n) is 15.8. The van der Waals surface area contributed by atoms with Crippen LogP contribution in [0.15, 0.2) is 108 Å². The molecule has 0 radical (unpaired) electrons. The minimum atomic E-state index is -0.691. The molecule has 2 aliphatic heterocycles. The Hall–Kier alpha value is -3.91. The first-order chi connectivity index (χ1) is 21.9. The maximum atomic E-state index is 13.3. The van der Waals surface area contributed by atoms with Crippen molar-refractivity contribution in [3.63, 3.8) is 0 Å². The van der Waals surface area contributed by atoms with E-state index in [0.717, 1.165) is 71.7 Å². The smallest absolute Gasteiger partial charge is 0.339 e. The van der Waals surface area contributed by atoms with Gasteiger partial charge in [-0.3, -0.25) is 4.79 Å². The number of nitrogens with one attached hydrogen (secondary N) is 2. The molecule has 4 aromatic rings. The van der Waals surface area contributed by atoms with Crippen molar-refractivity contribution in [1.29, 1.82) is 0 Å². The molecule has 4 aromatic carbocycles. The molecule has 0 aromatic heterocycles. The van der Waals surface area contributed by atoms with E-state index in [1.54, 1.807) is 0 Å². The summed E-state index contributed by atoms with van der Waals surface area (Å²) in [6.07, 6.45) is 2.96. The molecule has 0 unspecified atom stereocenters. The van der Waals surface area contributed by atoms with Gasteiger partial charge in [-0.25, -0.2) is 4.79 Å². The predicted molar refractivity (Wildman–Crippen MR) is 179 cm³/mol. The van der Waals surface area contributed by atoms with Gasteiger partial charge in [0.05, 0.1) is 11.3 Å². The molecule has 0 saturated carbocycles. The van der Waals surface area contributed by atoms with Crippen molar-refractivity contribution in [2.45, 2.75) is 48.7 Å². The molecule has 6 rings (SSSR count).